The third-order valence-corrected chi connectivity index (χ3v) is 4.20. The molecule has 0 radical (unpaired) electrons. The minimum atomic E-state index is -0.00241. The quantitative estimate of drug-likeness (QED) is 0.750. The Kier molecular flexibility index (Phi) is 2.94. The van der Waals surface area contributed by atoms with Gasteiger partial charge in [0.05, 0.1) is 5.56 Å². The largest absolute Gasteiger partial charge is 0.507 e. The summed E-state index contributed by atoms with van der Waals surface area (Å²) in [4.78, 5) is 0. The number of hydrogen-bond donors (Lipinski definition) is 3. The molecule has 3 heteroatoms. The van der Waals surface area contributed by atoms with Crippen molar-refractivity contribution < 1.29 is 10.2 Å². The average Bonchev–Trinajstić information content (AvgIpc) is 3.17. The van der Waals surface area contributed by atoms with Crippen molar-refractivity contribution >= 4 is 0 Å². The molecule has 1 unspecified atom stereocenters. The van der Waals surface area contributed by atoms with Crippen LogP contribution < -0.4 is 5.32 Å². The summed E-state index contributed by atoms with van der Waals surface area (Å²) in [7, 11) is 0. The van der Waals surface area contributed by atoms with Crippen molar-refractivity contribution in [2.45, 2.75) is 44.7 Å². The SMILES string of the molecule is CC(NC(C1CC1)C1CC1)c1c(O)cccc1O. The number of phenolic OH excluding ortho intramolecular Hbond substituents is 2. The summed E-state index contributed by atoms with van der Waals surface area (Å²) < 4.78 is 0. The zero-order valence-corrected chi connectivity index (χ0v) is 10.8. The maximum absolute atomic E-state index is 9.88. The first-order valence-corrected chi connectivity index (χ1v) is 6.93. The molecular formula is C15H21NO2. The molecule has 2 aliphatic rings. The molecule has 2 aliphatic carbocycles. The van der Waals surface area contributed by atoms with Crippen LogP contribution in [-0.4, -0.2) is 16.3 Å². The minimum Gasteiger partial charge on any atom is -0.507 e. The van der Waals surface area contributed by atoms with E-state index in [9.17, 15) is 10.2 Å². The monoisotopic (exact) mass is 247 g/mol. The molecule has 1 aromatic rings. The van der Waals surface area contributed by atoms with Gasteiger partial charge in [-0.3, -0.25) is 0 Å². The first-order valence-electron chi connectivity index (χ1n) is 6.93. The summed E-state index contributed by atoms with van der Waals surface area (Å²) in [5.41, 5.74) is 0.629. The molecule has 0 aromatic heterocycles. The number of aromatic hydroxyl groups is 2. The van der Waals surface area contributed by atoms with Crippen LogP contribution in [0.5, 0.6) is 11.5 Å². The fraction of sp³-hybridized carbons (Fsp3) is 0.600. The smallest absolute Gasteiger partial charge is 0.124 e. The highest BCUT2D eigenvalue weighted by molar-refractivity contribution is 5.45. The Hall–Kier alpha value is -1.22. The highest BCUT2D eigenvalue weighted by Gasteiger charge is 2.42. The van der Waals surface area contributed by atoms with Crippen LogP contribution in [0, 0.1) is 11.8 Å². The highest BCUT2D eigenvalue weighted by Crippen LogP contribution is 2.46. The summed E-state index contributed by atoms with van der Waals surface area (Å²) in [6.07, 6.45) is 5.31. The van der Waals surface area contributed by atoms with Crippen molar-refractivity contribution in [3.8, 4) is 11.5 Å². The molecule has 98 valence electrons. The van der Waals surface area contributed by atoms with E-state index in [1.54, 1.807) is 18.2 Å². The molecule has 18 heavy (non-hydrogen) atoms. The molecule has 0 saturated heterocycles. The Labute approximate surface area is 108 Å². The van der Waals surface area contributed by atoms with Crippen molar-refractivity contribution in [3.63, 3.8) is 0 Å². The van der Waals surface area contributed by atoms with Crippen molar-refractivity contribution in [2.24, 2.45) is 11.8 Å². The van der Waals surface area contributed by atoms with Gasteiger partial charge in [-0.05, 0) is 56.6 Å². The van der Waals surface area contributed by atoms with E-state index in [1.165, 1.54) is 25.7 Å². The molecule has 1 atom stereocenters. The fourth-order valence-corrected chi connectivity index (χ4v) is 2.92. The van der Waals surface area contributed by atoms with Crippen LogP contribution in [0.1, 0.15) is 44.2 Å². The number of phenols is 2. The second kappa shape index (κ2) is 4.47. The van der Waals surface area contributed by atoms with E-state index >= 15 is 0 Å². The van der Waals surface area contributed by atoms with Gasteiger partial charge in [-0.15, -0.1) is 0 Å². The van der Waals surface area contributed by atoms with Crippen molar-refractivity contribution in [2.75, 3.05) is 0 Å². The van der Waals surface area contributed by atoms with Gasteiger partial charge in [-0.2, -0.15) is 0 Å². The van der Waals surface area contributed by atoms with Gasteiger partial charge in [0.15, 0.2) is 0 Å². The number of rotatable bonds is 5. The molecule has 0 heterocycles. The van der Waals surface area contributed by atoms with Gasteiger partial charge in [-0.1, -0.05) is 6.07 Å². The topological polar surface area (TPSA) is 52.5 Å². The van der Waals surface area contributed by atoms with Gasteiger partial charge in [0.1, 0.15) is 11.5 Å². The first-order chi connectivity index (χ1) is 8.66. The standard InChI is InChI=1S/C15H21NO2/c1-9(14-12(17)3-2-4-13(14)18)16-15(10-5-6-10)11-7-8-11/h2-4,9-11,15-18H,5-8H2,1H3. The maximum Gasteiger partial charge on any atom is 0.124 e. The highest BCUT2D eigenvalue weighted by atomic mass is 16.3. The van der Waals surface area contributed by atoms with Crippen molar-refractivity contribution in [1.29, 1.82) is 0 Å². The predicted molar refractivity (Wildman–Crippen MR) is 70.6 cm³/mol. The van der Waals surface area contributed by atoms with Gasteiger partial charge in [-0.25, -0.2) is 0 Å². The number of nitrogens with one attached hydrogen (secondary N) is 1. The lowest BCUT2D eigenvalue weighted by Crippen LogP contribution is -2.35. The lowest BCUT2D eigenvalue weighted by Gasteiger charge is -2.24. The van der Waals surface area contributed by atoms with E-state index in [2.05, 4.69) is 5.32 Å². The van der Waals surface area contributed by atoms with E-state index in [4.69, 9.17) is 0 Å². The zero-order chi connectivity index (χ0) is 12.7. The van der Waals surface area contributed by atoms with Crippen LogP contribution in [0.2, 0.25) is 0 Å². The van der Waals surface area contributed by atoms with Crippen LogP contribution in [0.3, 0.4) is 0 Å². The third-order valence-electron chi connectivity index (χ3n) is 4.20. The van der Waals surface area contributed by atoms with Crippen LogP contribution in [-0.2, 0) is 0 Å². The molecule has 3 N–H and O–H groups in total. The lowest BCUT2D eigenvalue weighted by molar-refractivity contribution is 0.357. The Bertz CT molecular complexity index is 406. The summed E-state index contributed by atoms with van der Waals surface area (Å²) in [6, 6.07) is 5.50. The van der Waals surface area contributed by atoms with Crippen LogP contribution >= 0.6 is 0 Å². The zero-order valence-electron chi connectivity index (χ0n) is 10.8. The van der Waals surface area contributed by atoms with E-state index < -0.39 is 0 Å². The molecule has 2 fully saturated rings. The fourth-order valence-electron chi connectivity index (χ4n) is 2.92. The molecule has 0 amide bonds. The second-order valence-electron chi connectivity index (χ2n) is 5.80. The van der Waals surface area contributed by atoms with Gasteiger partial charge < -0.3 is 15.5 Å². The Balaban J connectivity index is 1.75. The van der Waals surface area contributed by atoms with Crippen LogP contribution in [0.15, 0.2) is 18.2 Å². The van der Waals surface area contributed by atoms with Gasteiger partial charge in [0.25, 0.3) is 0 Å². The van der Waals surface area contributed by atoms with Gasteiger partial charge in [0.2, 0.25) is 0 Å². The molecular weight excluding hydrogens is 226 g/mol. The van der Waals surface area contributed by atoms with Gasteiger partial charge in [0, 0.05) is 12.1 Å². The molecule has 3 rings (SSSR count). The molecule has 1 aromatic carbocycles. The summed E-state index contributed by atoms with van der Waals surface area (Å²) in [5.74, 6) is 1.99. The van der Waals surface area contributed by atoms with E-state index in [-0.39, 0.29) is 17.5 Å². The summed E-state index contributed by atoms with van der Waals surface area (Å²) in [5, 5.41) is 23.4. The van der Waals surface area contributed by atoms with Crippen molar-refractivity contribution in [1.82, 2.24) is 5.32 Å². The lowest BCUT2D eigenvalue weighted by atomic mass is 10.0. The van der Waals surface area contributed by atoms with Crippen molar-refractivity contribution in [3.05, 3.63) is 23.8 Å². The average molecular weight is 247 g/mol. The first kappa shape index (κ1) is 11.8. The summed E-state index contributed by atoms with van der Waals surface area (Å²) >= 11 is 0. The predicted octanol–water partition coefficient (Wildman–Crippen LogP) is 2.94. The maximum atomic E-state index is 9.88. The van der Waals surface area contributed by atoms with Gasteiger partial charge >= 0.3 is 0 Å². The van der Waals surface area contributed by atoms with E-state index in [0.717, 1.165) is 11.8 Å². The molecule has 3 nitrogen and oxygen atoms in total. The molecule has 0 bridgehead atoms. The Morgan fingerprint density at radius 1 is 1.06 bits per heavy atom. The normalized spacial score (nSPS) is 21.2. The second-order valence-corrected chi connectivity index (χ2v) is 5.80. The minimum absolute atomic E-state index is 0.00241. The third kappa shape index (κ3) is 2.32. The molecule has 0 aliphatic heterocycles. The number of hydrogen-bond acceptors (Lipinski definition) is 3. The Morgan fingerprint density at radius 2 is 1.56 bits per heavy atom. The van der Waals surface area contributed by atoms with E-state index in [1.807, 2.05) is 6.92 Å². The molecule has 2 saturated carbocycles. The number of benzene rings is 1. The van der Waals surface area contributed by atoms with Crippen LogP contribution in [0.25, 0.3) is 0 Å². The van der Waals surface area contributed by atoms with E-state index in [0.29, 0.717) is 11.6 Å². The Morgan fingerprint density at radius 3 is 2.00 bits per heavy atom. The van der Waals surface area contributed by atoms with Crippen LogP contribution in [0.4, 0.5) is 0 Å². The summed E-state index contributed by atoms with van der Waals surface area (Å²) in [6.45, 7) is 2.02. The molecule has 0 spiro atoms.